The van der Waals surface area contributed by atoms with E-state index in [9.17, 15) is 8.42 Å². The average Bonchev–Trinajstić information content (AvgIpc) is 1.77. The highest BCUT2D eigenvalue weighted by atomic mass is 32.2. The molecule has 0 aromatic carbocycles. The summed E-state index contributed by atoms with van der Waals surface area (Å²) in [6.07, 6.45) is 10.3. The van der Waals surface area contributed by atoms with Crippen molar-refractivity contribution >= 4 is 31.8 Å². The molecule has 0 aliphatic heterocycles. The van der Waals surface area contributed by atoms with E-state index in [0.29, 0.717) is 0 Å². The third-order valence-electron chi connectivity index (χ3n) is 0.167. The fourth-order valence-corrected chi connectivity index (χ4v) is 0. The SMILES string of the molecule is C[S+](C)(C)=O.C[S+](C)(C)=O.O=C([O-])C(=O)[O-]. The molecule has 98 valence electrons. The van der Waals surface area contributed by atoms with E-state index in [2.05, 4.69) is 0 Å². The Morgan fingerprint density at radius 2 is 0.750 bits per heavy atom. The van der Waals surface area contributed by atoms with Gasteiger partial charge in [-0.05, 0) is 0 Å². The zero-order valence-corrected chi connectivity index (χ0v) is 11.9. The predicted octanol–water partition coefficient (Wildman–Crippen LogP) is -2.76. The quantitative estimate of drug-likeness (QED) is 0.349. The highest BCUT2D eigenvalue weighted by molar-refractivity contribution is 8.01. The van der Waals surface area contributed by atoms with Gasteiger partial charge in [-0.2, -0.15) is 0 Å². The van der Waals surface area contributed by atoms with Crippen LogP contribution in [0.4, 0.5) is 0 Å². The fraction of sp³-hybridized carbons (Fsp3) is 0.750. The van der Waals surface area contributed by atoms with E-state index in [1.165, 1.54) is 0 Å². The highest BCUT2D eigenvalue weighted by Gasteiger charge is 1.95. The maximum absolute atomic E-state index is 10.2. The van der Waals surface area contributed by atoms with Gasteiger partial charge in [0.05, 0.1) is 31.8 Å². The summed E-state index contributed by atoms with van der Waals surface area (Å²) >= 11 is 0. The summed E-state index contributed by atoms with van der Waals surface area (Å²) in [4.78, 5) is 17.9. The third-order valence-corrected chi connectivity index (χ3v) is 0.167. The van der Waals surface area contributed by atoms with Crippen molar-refractivity contribution < 1.29 is 28.2 Å². The number of hydrogen-bond acceptors (Lipinski definition) is 6. The molecular weight excluding hydrogens is 256 g/mol. The normalized spacial score (nSPS) is 10.1. The molecule has 0 radical (unpaired) electrons. The fourth-order valence-electron chi connectivity index (χ4n) is 0. The van der Waals surface area contributed by atoms with Gasteiger partial charge in [0, 0.05) is 0 Å². The first-order valence-electron chi connectivity index (χ1n) is 3.85. The van der Waals surface area contributed by atoms with Crippen molar-refractivity contribution in [1.29, 1.82) is 0 Å². The van der Waals surface area contributed by atoms with E-state index in [0.717, 1.165) is 0 Å². The zero-order valence-electron chi connectivity index (χ0n) is 10.3. The molecule has 16 heavy (non-hydrogen) atoms. The van der Waals surface area contributed by atoms with Crippen LogP contribution in [0.2, 0.25) is 0 Å². The predicted molar refractivity (Wildman–Crippen MR) is 61.7 cm³/mol. The second-order valence-electron chi connectivity index (χ2n) is 4.02. The number of carboxylic acid groups (broad SMARTS) is 2. The lowest BCUT2D eigenvalue weighted by molar-refractivity contribution is -0.345. The number of aliphatic carboxylic acids is 2. The molecule has 6 nitrogen and oxygen atoms in total. The minimum absolute atomic E-state index is 1.42. The lowest BCUT2D eigenvalue weighted by Crippen LogP contribution is -2.42. The van der Waals surface area contributed by atoms with Crippen LogP contribution in [0, 0.1) is 0 Å². The van der Waals surface area contributed by atoms with Crippen molar-refractivity contribution in [3.05, 3.63) is 0 Å². The topological polar surface area (TPSA) is 114 Å². The van der Waals surface area contributed by atoms with E-state index in [-0.39, 0.29) is 0 Å². The summed E-state index contributed by atoms with van der Waals surface area (Å²) in [6.45, 7) is 0. The van der Waals surface area contributed by atoms with Crippen LogP contribution in [0.3, 0.4) is 0 Å². The molecule has 0 amide bonds. The van der Waals surface area contributed by atoms with Crippen LogP contribution >= 0.6 is 0 Å². The van der Waals surface area contributed by atoms with Crippen LogP contribution in [0.1, 0.15) is 0 Å². The lowest BCUT2D eigenvalue weighted by atomic mass is 10.7. The largest absolute Gasteiger partial charge is 0.543 e. The zero-order chi connectivity index (χ0) is 14.2. The van der Waals surface area contributed by atoms with E-state index in [1.54, 1.807) is 37.5 Å². The van der Waals surface area contributed by atoms with Crippen LogP contribution in [-0.2, 0) is 37.9 Å². The smallest absolute Gasteiger partial charge is 0.101 e. The number of carbonyl (C=O) groups excluding carboxylic acids is 2. The molecule has 0 rings (SSSR count). The second-order valence-corrected chi connectivity index (χ2v) is 10.9. The number of rotatable bonds is 0. The van der Waals surface area contributed by atoms with Gasteiger partial charge in [-0.1, -0.05) is 0 Å². The van der Waals surface area contributed by atoms with Gasteiger partial charge in [0.1, 0.15) is 37.5 Å². The third kappa shape index (κ3) is 189. The van der Waals surface area contributed by atoms with Crippen LogP contribution in [-0.4, -0.2) is 49.5 Å². The molecule has 0 atom stereocenters. The molecule has 0 saturated carbocycles. The summed E-state index contributed by atoms with van der Waals surface area (Å²) in [7, 11) is -2.83. The van der Waals surface area contributed by atoms with Gasteiger partial charge < -0.3 is 19.8 Å². The van der Waals surface area contributed by atoms with E-state index in [4.69, 9.17) is 19.8 Å². The van der Waals surface area contributed by atoms with Gasteiger partial charge in [-0.25, -0.2) is 0 Å². The van der Waals surface area contributed by atoms with Gasteiger partial charge in [-0.3, -0.25) is 0 Å². The van der Waals surface area contributed by atoms with Crippen LogP contribution in [0.15, 0.2) is 0 Å². The first-order chi connectivity index (χ1) is 6.64. The molecule has 0 saturated heterocycles. The molecule has 0 aromatic heterocycles. The van der Waals surface area contributed by atoms with Gasteiger partial charge in [0.2, 0.25) is 0 Å². The Kier molecular flexibility index (Phi) is 10.8. The lowest BCUT2D eigenvalue weighted by Gasteiger charge is -1.97. The van der Waals surface area contributed by atoms with Crippen LogP contribution in [0.5, 0.6) is 0 Å². The van der Waals surface area contributed by atoms with Crippen molar-refractivity contribution in [1.82, 2.24) is 0 Å². The summed E-state index contributed by atoms with van der Waals surface area (Å²) in [5.74, 6) is -4.37. The molecule has 0 N–H and O–H groups in total. The summed E-state index contributed by atoms with van der Waals surface area (Å²) in [5.41, 5.74) is 0. The van der Waals surface area contributed by atoms with E-state index < -0.39 is 31.8 Å². The Morgan fingerprint density at radius 1 is 0.688 bits per heavy atom. The molecule has 0 spiro atoms. The van der Waals surface area contributed by atoms with Crippen molar-refractivity contribution in [2.24, 2.45) is 0 Å². The second kappa shape index (κ2) is 8.40. The monoisotopic (exact) mass is 274 g/mol. The standard InChI is InChI=1S/2C3H9OS.C2H2O4/c2*1-5(2,3)4;3-1(4)2(5)6/h2*1-3H3;(H,3,4)(H,5,6)/q2*+1;/p-2. The highest BCUT2D eigenvalue weighted by Crippen LogP contribution is 1.78. The molecule has 0 aromatic rings. The van der Waals surface area contributed by atoms with Gasteiger partial charge in [-0.15, -0.1) is 8.42 Å². The molecule has 0 aliphatic carbocycles. The van der Waals surface area contributed by atoms with Crippen molar-refractivity contribution in [2.75, 3.05) is 37.5 Å². The molecule has 0 bridgehead atoms. The van der Waals surface area contributed by atoms with Crippen molar-refractivity contribution in [3.63, 3.8) is 0 Å². The minimum atomic E-state index is -2.19. The van der Waals surface area contributed by atoms with E-state index >= 15 is 0 Å². The van der Waals surface area contributed by atoms with Crippen LogP contribution < -0.4 is 10.2 Å². The summed E-state index contributed by atoms with van der Waals surface area (Å²) in [6, 6.07) is 0. The van der Waals surface area contributed by atoms with Gasteiger partial charge >= 0.3 is 0 Å². The molecule has 8 heteroatoms. The van der Waals surface area contributed by atoms with Gasteiger partial charge in [0.25, 0.3) is 0 Å². The van der Waals surface area contributed by atoms with E-state index in [1.807, 2.05) is 0 Å². The molecule has 0 fully saturated rings. The van der Waals surface area contributed by atoms with Crippen LogP contribution in [0.25, 0.3) is 0 Å². The van der Waals surface area contributed by atoms with Crippen molar-refractivity contribution in [2.45, 2.75) is 0 Å². The van der Waals surface area contributed by atoms with Gasteiger partial charge in [0.15, 0.2) is 0 Å². The molecule has 0 heterocycles. The first-order valence-corrected chi connectivity index (χ1v) is 9.41. The maximum Gasteiger partial charge on any atom is 0.101 e. The Bertz CT molecular complexity index is 262. The first kappa shape index (κ1) is 20.6. The Balaban J connectivity index is -0.000000160. The minimum Gasteiger partial charge on any atom is -0.543 e. The number of hydrogen-bond donors (Lipinski definition) is 0. The molecule has 0 unspecified atom stereocenters. The summed E-state index contributed by atoms with van der Waals surface area (Å²) < 4.78 is 20.4. The Labute approximate surface area is 97.9 Å². The number of carboxylic acids is 2. The Hall–Kier alpha value is -0.760. The maximum atomic E-state index is 10.2. The Morgan fingerprint density at radius 3 is 0.750 bits per heavy atom. The average molecular weight is 274 g/mol. The van der Waals surface area contributed by atoms with Crippen molar-refractivity contribution in [3.8, 4) is 0 Å². The number of carbonyl (C=O) groups is 2. The molecule has 0 aliphatic rings. The summed E-state index contributed by atoms with van der Waals surface area (Å²) in [5, 5.41) is 17.9. The molecular formula is C8H18O6S2.